The van der Waals surface area contributed by atoms with E-state index in [-0.39, 0.29) is 5.91 Å². The van der Waals surface area contributed by atoms with Gasteiger partial charge in [-0.05, 0) is 30.2 Å². The molecule has 2 aromatic heterocycles. The van der Waals surface area contributed by atoms with Gasteiger partial charge < -0.3 is 10.3 Å². The average Bonchev–Trinajstić information content (AvgIpc) is 3.04. The fourth-order valence-electron chi connectivity index (χ4n) is 3.03. The summed E-state index contributed by atoms with van der Waals surface area (Å²) in [7, 11) is 0. The van der Waals surface area contributed by atoms with Crippen molar-refractivity contribution in [3.63, 3.8) is 0 Å². The highest BCUT2D eigenvalue weighted by molar-refractivity contribution is 6.05. The fourth-order valence-corrected chi connectivity index (χ4v) is 3.03. The summed E-state index contributed by atoms with van der Waals surface area (Å²) in [6.45, 7) is 0.587. The first-order chi connectivity index (χ1) is 11.8. The molecule has 0 radical (unpaired) electrons. The van der Waals surface area contributed by atoms with Gasteiger partial charge in [-0.15, -0.1) is 0 Å². The van der Waals surface area contributed by atoms with Gasteiger partial charge in [0.05, 0.1) is 11.1 Å². The van der Waals surface area contributed by atoms with Crippen LogP contribution in [0.25, 0.3) is 21.8 Å². The van der Waals surface area contributed by atoms with Crippen molar-refractivity contribution < 1.29 is 4.79 Å². The van der Waals surface area contributed by atoms with Crippen LogP contribution in [0, 0.1) is 0 Å². The molecular formula is C20H17N3O. The Morgan fingerprint density at radius 2 is 1.92 bits per heavy atom. The van der Waals surface area contributed by atoms with Crippen LogP contribution in [0.15, 0.2) is 67.0 Å². The summed E-state index contributed by atoms with van der Waals surface area (Å²) >= 11 is 0. The fraction of sp³-hybridized carbons (Fsp3) is 0.100. The third-order valence-corrected chi connectivity index (χ3v) is 4.23. The van der Waals surface area contributed by atoms with Gasteiger partial charge in [0, 0.05) is 35.2 Å². The first kappa shape index (κ1) is 14.5. The number of benzene rings is 2. The minimum absolute atomic E-state index is 0.0841. The zero-order chi connectivity index (χ0) is 16.4. The van der Waals surface area contributed by atoms with Crippen molar-refractivity contribution >= 4 is 27.7 Å². The monoisotopic (exact) mass is 315 g/mol. The second-order valence-electron chi connectivity index (χ2n) is 5.75. The molecular weight excluding hydrogens is 298 g/mol. The molecule has 2 aromatic carbocycles. The van der Waals surface area contributed by atoms with Gasteiger partial charge in [0.25, 0.3) is 5.91 Å². The van der Waals surface area contributed by atoms with Crippen molar-refractivity contribution in [2.24, 2.45) is 0 Å². The minimum atomic E-state index is -0.0841. The topological polar surface area (TPSA) is 57.8 Å². The number of amides is 1. The third-order valence-electron chi connectivity index (χ3n) is 4.23. The average molecular weight is 315 g/mol. The van der Waals surface area contributed by atoms with Crippen molar-refractivity contribution in [3.8, 4) is 0 Å². The number of carbonyl (C=O) groups excluding carboxylic acids is 1. The van der Waals surface area contributed by atoms with E-state index in [2.05, 4.69) is 27.4 Å². The van der Waals surface area contributed by atoms with E-state index < -0.39 is 0 Å². The van der Waals surface area contributed by atoms with E-state index in [9.17, 15) is 4.79 Å². The smallest absolute Gasteiger partial charge is 0.253 e. The first-order valence-electron chi connectivity index (χ1n) is 8.00. The molecule has 0 saturated carbocycles. The Morgan fingerprint density at radius 3 is 2.88 bits per heavy atom. The van der Waals surface area contributed by atoms with Crippen LogP contribution in [-0.4, -0.2) is 22.4 Å². The zero-order valence-electron chi connectivity index (χ0n) is 13.1. The van der Waals surface area contributed by atoms with Crippen molar-refractivity contribution in [2.75, 3.05) is 6.54 Å². The number of H-pyrrole nitrogens is 1. The number of pyridine rings is 1. The van der Waals surface area contributed by atoms with Crippen molar-refractivity contribution in [1.29, 1.82) is 0 Å². The summed E-state index contributed by atoms with van der Waals surface area (Å²) in [6, 6.07) is 17.7. The molecule has 0 saturated heterocycles. The lowest BCUT2D eigenvalue weighted by atomic mass is 10.1. The molecule has 4 rings (SSSR count). The Balaban J connectivity index is 1.48. The second-order valence-corrected chi connectivity index (χ2v) is 5.75. The number of nitrogens with zero attached hydrogens (tertiary/aromatic N) is 1. The van der Waals surface area contributed by atoms with Gasteiger partial charge in [-0.3, -0.25) is 9.78 Å². The molecule has 4 aromatic rings. The van der Waals surface area contributed by atoms with E-state index in [1.165, 1.54) is 10.9 Å². The molecule has 0 bridgehead atoms. The third kappa shape index (κ3) is 2.63. The number of nitrogens with one attached hydrogen (secondary N) is 2. The first-order valence-corrected chi connectivity index (χ1v) is 8.00. The lowest BCUT2D eigenvalue weighted by Gasteiger charge is -2.07. The minimum Gasteiger partial charge on any atom is -0.361 e. The molecule has 1 amide bonds. The molecule has 4 heteroatoms. The van der Waals surface area contributed by atoms with Gasteiger partial charge in [-0.25, -0.2) is 0 Å². The summed E-state index contributed by atoms with van der Waals surface area (Å²) < 4.78 is 0. The van der Waals surface area contributed by atoms with Crippen LogP contribution in [-0.2, 0) is 6.42 Å². The number of fused-ring (bicyclic) bond motifs is 2. The van der Waals surface area contributed by atoms with Crippen LogP contribution < -0.4 is 5.32 Å². The Hall–Kier alpha value is -3.14. The largest absolute Gasteiger partial charge is 0.361 e. The van der Waals surface area contributed by atoms with Crippen LogP contribution >= 0.6 is 0 Å². The van der Waals surface area contributed by atoms with E-state index >= 15 is 0 Å². The van der Waals surface area contributed by atoms with Gasteiger partial charge in [0.15, 0.2) is 0 Å². The van der Waals surface area contributed by atoms with Crippen LogP contribution in [0.2, 0.25) is 0 Å². The SMILES string of the molecule is O=C(NCCc1c[nH]c2ccccc12)c1cccc2cccnc12. The summed E-state index contributed by atoms with van der Waals surface area (Å²) in [5.41, 5.74) is 3.69. The number of rotatable bonds is 4. The van der Waals surface area contributed by atoms with Gasteiger partial charge in [0.2, 0.25) is 0 Å². The van der Waals surface area contributed by atoms with Gasteiger partial charge >= 0.3 is 0 Å². The van der Waals surface area contributed by atoms with Gasteiger partial charge in [-0.1, -0.05) is 36.4 Å². The lowest BCUT2D eigenvalue weighted by molar-refractivity contribution is 0.0955. The van der Waals surface area contributed by atoms with Crippen molar-refractivity contribution in [3.05, 3.63) is 78.1 Å². The molecule has 118 valence electrons. The van der Waals surface area contributed by atoms with E-state index in [4.69, 9.17) is 0 Å². The Kier molecular flexibility index (Phi) is 3.71. The molecule has 2 N–H and O–H groups in total. The number of aromatic amines is 1. The molecule has 4 nitrogen and oxygen atoms in total. The Morgan fingerprint density at radius 1 is 1.04 bits per heavy atom. The molecule has 0 unspecified atom stereocenters. The van der Waals surface area contributed by atoms with Crippen LogP contribution in [0.5, 0.6) is 0 Å². The number of carbonyl (C=O) groups is 1. The summed E-state index contributed by atoms with van der Waals surface area (Å²) in [4.78, 5) is 20.1. The van der Waals surface area contributed by atoms with Crippen LogP contribution in [0.3, 0.4) is 0 Å². The predicted molar refractivity (Wildman–Crippen MR) is 96.1 cm³/mol. The molecule has 0 fully saturated rings. The normalized spacial score (nSPS) is 11.0. The summed E-state index contributed by atoms with van der Waals surface area (Å²) in [5, 5.41) is 5.18. The number of hydrogen-bond donors (Lipinski definition) is 2. The highest BCUT2D eigenvalue weighted by Crippen LogP contribution is 2.18. The van der Waals surface area contributed by atoms with Crippen molar-refractivity contribution in [2.45, 2.75) is 6.42 Å². The number of para-hydroxylation sites is 2. The quantitative estimate of drug-likeness (QED) is 0.603. The number of aromatic nitrogens is 2. The van der Waals surface area contributed by atoms with Crippen LogP contribution in [0.1, 0.15) is 15.9 Å². The number of hydrogen-bond acceptors (Lipinski definition) is 2. The molecule has 24 heavy (non-hydrogen) atoms. The van der Waals surface area contributed by atoms with E-state index in [1.54, 1.807) is 6.20 Å². The van der Waals surface area contributed by atoms with E-state index in [0.717, 1.165) is 22.8 Å². The molecule has 0 aliphatic rings. The second kappa shape index (κ2) is 6.16. The predicted octanol–water partition coefficient (Wildman–Crippen LogP) is 3.69. The van der Waals surface area contributed by atoms with Gasteiger partial charge in [0.1, 0.15) is 0 Å². The Bertz CT molecular complexity index is 1010. The Labute approximate surface area is 139 Å². The summed E-state index contributed by atoms with van der Waals surface area (Å²) in [6.07, 6.45) is 4.51. The standard InChI is InChI=1S/C20H17N3O/c24-20(17-8-3-5-14-6-4-11-21-19(14)17)22-12-10-15-13-23-18-9-2-1-7-16(15)18/h1-9,11,13,23H,10,12H2,(H,22,24). The lowest BCUT2D eigenvalue weighted by Crippen LogP contribution is -2.26. The molecule has 0 atom stereocenters. The highest BCUT2D eigenvalue weighted by Gasteiger charge is 2.10. The maximum absolute atomic E-state index is 12.5. The van der Waals surface area contributed by atoms with E-state index in [1.807, 2.05) is 48.7 Å². The highest BCUT2D eigenvalue weighted by atomic mass is 16.1. The molecule has 0 aliphatic carbocycles. The molecule has 2 heterocycles. The summed E-state index contributed by atoms with van der Waals surface area (Å²) in [5.74, 6) is -0.0841. The maximum Gasteiger partial charge on any atom is 0.253 e. The van der Waals surface area contributed by atoms with E-state index in [0.29, 0.717) is 12.1 Å². The van der Waals surface area contributed by atoms with Gasteiger partial charge in [-0.2, -0.15) is 0 Å². The zero-order valence-corrected chi connectivity index (χ0v) is 13.1. The molecule has 0 aliphatic heterocycles. The molecule has 0 spiro atoms. The maximum atomic E-state index is 12.5. The van der Waals surface area contributed by atoms with Crippen molar-refractivity contribution in [1.82, 2.24) is 15.3 Å². The van der Waals surface area contributed by atoms with Crippen LogP contribution in [0.4, 0.5) is 0 Å².